The highest BCUT2D eigenvalue weighted by Gasteiger charge is 2.22. The predicted octanol–water partition coefficient (Wildman–Crippen LogP) is 3.63. The number of nitrogens with two attached hydrogens (primary N) is 1. The van der Waals surface area contributed by atoms with Gasteiger partial charge in [0, 0.05) is 21.4 Å². The van der Waals surface area contributed by atoms with Crippen LogP contribution in [0.4, 0.5) is 5.69 Å². The Balaban J connectivity index is 0.00000192. The van der Waals surface area contributed by atoms with Crippen LogP contribution in [0.1, 0.15) is 23.7 Å². The number of carbonyl (C=O) groups excluding carboxylic acids is 1. The molecule has 0 radical (unpaired) electrons. The number of pyridine rings is 1. The van der Waals surface area contributed by atoms with Crippen LogP contribution in [-0.2, 0) is 11.2 Å². The molecule has 1 aliphatic rings. The van der Waals surface area contributed by atoms with Crippen LogP contribution in [-0.4, -0.2) is 16.6 Å². The lowest BCUT2D eigenvalue weighted by atomic mass is 10.0. The molecule has 23 heavy (non-hydrogen) atoms. The molecule has 1 atom stereocenters. The van der Waals surface area contributed by atoms with E-state index < -0.39 is 0 Å². The van der Waals surface area contributed by atoms with Crippen LogP contribution in [0.25, 0.3) is 0 Å². The van der Waals surface area contributed by atoms with E-state index in [0.29, 0.717) is 16.4 Å². The maximum absolute atomic E-state index is 12.2. The summed E-state index contributed by atoms with van der Waals surface area (Å²) in [7, 11) is 0. The van der Waals surface area contributed by atoms with E-state index in [1.54, 1.807) is 30.1 Å². The zero-order valence-corrected chi connectivity index (χ0v) is 14.7. The van der Waals surface area contributed by atoms with Crippen molar-refractivity contribution in [1.29, 1.82) is 0 Å². The van der Waals surface area contributed by atoms with Crippen molar-refractivity contribution in [3.63, 3.8) is 0 Å². The third-order valence-corrected chi connectivity index (χ3v) is 4.89. The van der Waals surface area contributed by atoms with E-state index in [1.165, 1.54) is 4.90 Å². The highest BCUT2D eigenvalue weighted by Crippen LogP contribution is 2.37. The van der Waals surface area contributed by atoms with Crippen LogP contribution >= 0.6 is 35.8 Å². The molecule has 4 nitrogen and oxygen atoms in total. The summed E-state index contributed by atoms with van der Waals surface area (Å²) in [4.78, 5) is 17.6. The van der Waals surface area contributed by atoms with E-state index in [0.717, 1.165) is 17.7 Å². The molecular weight excluding hydrogens is 353 g/mol. The van der Waals surface area contributed by atoms with E-state index in [1.807, 2.05) is 18.2 Å². The fourth-order valence-electron chi connectivity index (χ4n) is 2.47. The van der Waals surface area contributed by atoms with Crippen molar-refractivity contribution < 1.29 is 4.79 Å². The average Bonchev–Trinajstić information content (AvgIpc) is 2.50. The molecule has 0 spiro atoms. The summed E-state index contributed by atoms with van der Waals surface area (Å²) >= 11 is 7.88. The number of anilines is 1. The van der Waals surface area contributed by atoms with E-state index >= 15 is 0 Å². The Kier molecular flexibility index (Phi) is 6.16. The van der Waals surface area contributed by atoms with Crippen LogP contribution in [0.15, 0.2) is 41.4 Å². The number of aromatic nitrogens is 1. The molecule has 1 unspecified atom stereocenters. The second-order valence-electron chi connectivity index (χ2n) is 5.20. The summed E-state index contributed by atoms with van der Waals surface area (Å²) in [5.74, 6) is 0.944. The molecule has 122 valence electrons. The molecule has 0 saturated carbocycles. The molecule has 1 aliphatic heterocycles. The zero-order chi connectivity index (χ0) is 15.5. The summed E-state index contributed by atoms with van der Waals surface area (Å²) in [6.45, 7) is 0. The number of nitrogens with one attached hydrogen (secondary N) is 1. The predicted molar refractivity (Wildman–Crippen MR) is 97.3 cm³/mol. The Bertz CT molecular complexity index is 694. The minimum Gasteiger partial charge on any atom is -0.397 e. The summed E-state index contributed by atoms with van der Waals surface area (Å²) in [6.07, 6.45) is 2.72. The van der Waals surface area contributed by atoms with E-state index in [2.05, 4.69) is 10.3 Å². The van der Waals surface area contributed by atoms with Crippen molar-refractivity contribution in [3.8, 4) is 0 Å². The Morgan fingerprint density at radius 3 is 2.96 bits per heavy atom. The SMILES string of the molecule is Cl.Nc1ccc(CC(=O)NC2CCSc3ccc(Cl)cc32)nc1. The van der Waals surface area contributed by atoms with Gasteiger partial charge in [0.1, 0.15) is 0 Å². The highest BCUT2D eigenvalue weighted by molar-refractivity contribution is 7.99. The third-order valence-electron chi connectivity index (χ3n) is 3.54. The van der Waals surface area contributed by atoms with Gasteiger partial charge in [0.25, 0.3) is 0 Å². The molecule has 1 aromatic heterocycles. The number of amides is 1. The maximum atomic E-state index is 12.2. The lowest BCUT2D eigenvalue weighted by molar-refractivity contribution is -0.121. The number of benzene rings is 1. The fourth-order valence-corrected chi connectivity index (χ4v) is 3.75. The number of carbonyl (C=O) groups is 1. The van der Waals surface area contributed by atoms with Gasteiger partial charge in [-0.2, -0.15) is 0 Å². The summed E-state index contributed by atoms with van der Waals surface area (Å²) < 4.78 is 0. The second kappa shape index (κ2) is 7.90. The van der Waals surface area contributed by atoms with Gasteiger partial charge in [-0.05, 0) is 42.3 Å². The molecule has 2 heterocycles. The van der Waals surface area contributed by atoms with E-state index in [-0.39, 0.29) is 30.8 Å². The third kappa shape index (κ3) is 4.53. The first-order chi connectivity index (χ1) is 10.6. The number of thioether (sulfide) groups is 1. The Hall–Kier alpha value is -1.43. The largest absolute Gasteiger partial charge is 0.397 e. The van der Waals surface area contributed by atoms with Gasteiger partial charge in [-0.3, -0.25) is 9.78 Å². The smallest absolute Gasteiger partial charge is 0.226 e. The molecule has 0 bridgehead atoms. The van der Waals surface area contributed by atoms with Crippen molar-refractivity contribution >= 4 is 47.4 Å². The topological polar surface area (TPSA) is 68.0 Å². The van der Waals surface area contributed by atoms with Crippen LogP contribution in [0.5, 0.6) is 0 Å². The molecule has 0 aliphatic carbocycles. The van der Waals surface area contributed by atoms with Crippen LogP contribution in [0.3, 0.4) is 0 Å². The standard InChI is InChI=1S/C16H16ClN3OS.ClH/c17-10-1-4-15-13(7-10)14(5-6-22-15)20-16(21)8-12-3-2-11(18)9-19-12;/h1-4,7,9,14H,5-6,8,18H2,(H,20,21);1H. The van der Waals surface area contributed by atoms with Crippen LogP contribution in [0.2, 0.25) is 5.02 Å². The molecule has 7 heteroatoms. The van der Waals surface area contributed by atoms with Crippen molar-refractivity contribution in [1.82, 2.24) is 10.3 Å². The quantitative estimate of drug-likeness (QED) is 0.866. The normalized spacial score (nSPS) is 16.1. The van der Waals surface area contributed by atoms with Gasteiger partial charge in [0.15, 0.2) is 0 Å². The lowest BCUT2D eigenvalue weighted by Gasteiger charge is -2.26. The van der Waals surface area contributed by atoms with Gasteiger partial charge >= 0.3 is 0 Å². The monoisotopic (exact) mass is 369 g/mol. The molecule has 1 amide bonds. The van der Waals surface area contributed by atoms with Gasteiger partial charge < -0.3 is 11.1 Å². The molecule has 2 aromatic rings. The number of hydrogen-bond acceptors (Lipinski definition) is 4. The minimum atomic E-state index is -0.0416. The fraction of sp³-hybridized carbons (Fsp3) is 0.250. The van der Waals surface area contributed by atoms with E-state index in [9.17, 15) is 4.79 Å². The zero-order valence-electron chi connectivity index (χ0n) is 12.3. The summed E-state index contributed by atoms with van der Waals surface area (Å²) in [5.41, 5.74) is 8.00. The van der Waals surface area contributed by atoms with Crippen molar-refractivity contribution in [2.45, 2.75) is 23.8 Å². The number of fused-ring (bicyclic) bond motifs is 1. The number of nitrogen functional groups attached to an aromatic ring is 1. The Labute approximate surface area is 150 Å². The molecular formula is C16H17Cl2N3OS. The lowest BCUT2D eigenvalue weighted by Crippen LogP contribution is -2.32. The van der Waals surface area contributed by atoms with Gasteiger partial charge in [0.2, 0.25) is 5.91 Å². The van der Waals surface area contributed by atoms with Gasteiger partial charge in [0.05, 0.1) is 24.3 Å². The number of hydrogen-bond donors (Lipinski definition) is 2. The van der Waals surface area contributed by atoms with Gasteiger partial charge in [-0.1, -0.05) is 11.6 Å². The van der Waals surface area contributed by atoms with Crippen molar-refractivity contribution in [2.24, 2.45) is 0 Å². The van der Waals surface area contributed by atoms with Gasteiger partial charge in [-0.15, -0.1) is 24.2 Å². The van der Waals surface area contributed by atoms with Crippen molar-refractivity contribution in [2.75, 3.05) is 11.5 Å². The average molecular weight is 370 g/mol. The number of nitrogens with zero attached hydrogens (tertiary/aromatic N) is 1. The van der Waals surface area contributed by atoms with Crippen LogP contribution in [0, 0.1) is 0 Å². The highest BCUT2D eigenvalue weighted by atomic mass is 35.5. The van der Waals surface area contributed by atoms with Crippen molar-refractivity contribution in [3.05, 3.63) is 52.8 Å². The summed E-state index contributed by atoms with van der Waals surface area (Å²) in [6, 6.07) is 9.38. The Morgan fingerprint density at radius 2 is 2.22 bits per heavy atom. The molecule has 0 saturated heterocycles. The number of halogens is 2. The second-order valence-corrected chi connectivity index (χ2v) is 6.77. The first kappa shape index (κ1) is 17.9. The molecule has 1 aromatic carbocycles. The first-order valence-electron chi connectivity index (χ1n) is 7.04. The number of rotatable bonds is 3. The molecule has 0 fully saturated rings. The first-order valence-corrected chi connectivity index (χ1v) is 8.40. The molecule has 3 N–H and O–H groups in total. The van der Waals surface area contributed by atoms with Crippen LogP contribution < -0.4 is 11.1 Å². The molecule has 3 rings (SSSR count). The van der Waals surface area contributed by atoms with E-state index in [4.69, 9.17) is 17.3 Å². The Morgan fingerprint density at radius 1 is 1.39 bits per heavy atom. The van der Waals surface area contributed by atoms with Gasteiger partial charge in [-0.25, -0.2) is 0 Å². The minimum absolute atomic E-state index is 0. The summed E-state index contributed by atoms with van der Waals surface area (Å²) in [5, 5.41) is 3.78. The maximum Gasteiger partial charge on any atom is 0.226 e.